The highest BCUT2D eigenvalue weighted by atomic mass is 19.4. The largest absolute Gasteiger partial charge is 0.493 e. The predicted molar refractivity (Wildman–Crippen MR) is 163 cm³/mol. The molecule has 2 atom stereocenters. The highest BCUT2D eigenvalue weighted by molar-refractivity contribution is 6.13. The molecule has 0 radical (unpaired) electrons. The van der Waals surface area contributed by atoms with Crippen molar-refractivity contribution in [1.82, 2.24) is 4.98 Å². The summed E-state index contributed by atoms with van der Waals surface area (Å²) in [7, 11) is 0. The maximum absolute atomic E-state index is 14.7. The molecule has 0 aliphatic carbocycles. The van der Waals surface area contributed by atoms with E-state index in [0.29, 0.717) is 28.5 Å². The van der Waals surface area contributed by atoms with E-state index in [1.165, 1.54) is 12.3 Å². The minimum Gasteiger partial charge on any atom is -0.493 e. The summed E-state index contributed by atoms with van der Waals surface area (Å²) >= 11 is 0. The van der Waals surface area contributed by atoms with Crippen LogP contribution in [0.4, 0.5) is 32.0 Å². The van der Waals surface area contributed by atoms with Crippen LogP contribution in [0.5, 0.6) is 11.5 Å². The van der Waals surface area contributed by atoms with Gasteiger partial charge >= 0.3 is 12.4 Å². The second kappa shape index (κ2) is 12.7. The molecule has 5 nitrogen and oxygen atoms in total. The molecule has 47 heavy (non-hydrogen) atoms. The van der Waals surface area contributed by atoms with Crippen LogP contribution < -0.4 is 14.4 Å². The minimum absolute atomic E-state index is 0.0414. The molecule has 0 spiro atoms. The van der Waals surface area contributed by atoms with Crippen molar-refractivity contribution in [2.45, 2.75) is 24.3 Å². The van der Waals surface area contributed by atoms with Gasteiger partial charge in [0.05, 0.1) is 34.9 Å². The number of amides is 1. The normalized spacial score (nSPS) is 16.3. The van der Waals surface area contributed by atoms with E-state index in [1.54, 1.807) is 84.9 Å². The van der Waals surface area contributed by atoms with E-state index in [-0.39, 0.29) is 18.4 Å². The molecular formula is C36H24F6N2O3. The van der Waals surface area contributed by atoms with Crippen LogP contribution in [0, 0.1) is 11.8 Å². The van der Waals surface area contributed by atoms with Crippen LogP contribution in [0.15, 0.2) is 109 Å². The summed E-state index contributed by atoms with van der Waals surface area (Å²) in [5.74, 6) is 4.10. The molecule has 1 amide bonds. The number of halogens is 6. The number of carbonyl (C=O) groups excluding carboxylic acids is 1. The Labute approximate surface area is 265 Å². The Balaban J connectivity index is 1.57. The van der Waals surface area contributed by atoms with Crippen molar-refractivity contribution in [1.29, 1.82) is 0 Å². The molecule has 1 aromatic heterocycles. The number of carbonyl (C=O) groups is 1. The fourth-order valence-corrected chi connectivity index (χ4v) is 5.59. The third-order valence-corrected chi connectivity index (χ3v) is 7.64. The van der Waals surface area contributed by atoms with Gasteiger partial charge in [-0.1, -0.05) is 66.4 Å². The number of nitrogens with zero attached hydrogens (tertiary/aromatic N) is 2. The third-order valence-electron chi connectivity index (χ3n) is 7.64. The zero-order valence-electron chi connectivity index (χ0n) is 24.3. The van der Waals surface area contributed by atoms with E-state index >= 15 is 0 Å². The number of aromatic nitrogens is 1. The number of pyridine rings is 1. The first-order chi connectivity index (χ1) is 22.5. The molecule has 0 bridgehead atoms. The summed E-state index contributed by atoms with van der Waals surface area (Å²) in [6, 6.07) is 24.3. The van der Waals surface area contributed by atoms with Crippen molar-refractivity contribution in [3.05, 3.63) is 132 Å². The molecule has 1 aliphatic rings. The Morgan fingerprint density at radius 1 is 0.766 bits per heavy atom. The lowest BCUT2D eigenvalue weighted by Gasteiger charge is -2.41. The van der Waals surface area contributed by atoms with Gasteiger partial charge in [-0.05, 0) is 54.1 Å². The van der Waals surface area contributed by atoms with E-state index < -0.39 is 59.1 Å². The van der Waals surface area contributed by atoms with E-state index in [9.17, 15) is 31.1 Å². The number of hydrogen-bond donors (Lipinski definition) is 0. The molecule has 11 heteroatoms. The van der Waals surface area contributed by atoms with Gasteiger partial charge in [-0.2, -0.15) is 26.3 Å². The zero-order valence-corrected chi connectivity index (χ0v) is 24.3. The van der Waals surface area contributed by atoms with Crippen LogP contribution in [0.3, 0.4) is 0 Å². The highest BCUT2D eigenvalue weighted by Gasteiger charge is 2.48. The maximum atomic E-state index is 14.7. The van der Waals surface area contributed by atoms with Gasteiger partial charge < -0.3 is 9.47 Å². The zero-order chi connectivity index (χ0) is 33.2. The Hall–Kier alpha value is -5.50. The van der Waals surface area contributed by atoms with Crippen molar-refractivity contribution < 1.29 is 40.6 Å². The number of alkyl halides is 6. The SMILES string of the molecule is O=C1c2cc(C(F)(F)F)cc(C(F)(F)F)c2C(COc2ccccc2)C(C#CCOc2ccccc2)N1c1cccc2cccnc12. The molecule has 0 saturated carbocycles. The van der Waals surface area contributed by atoms with Crippen LogP contribution in [-0.2, 0) is 12.4 Å². The molecule has 0 fully saturated rings. The van der Waals surface area contributed by atoms with Gasteiger partial charge in [0.1, 0.15) is 24.1 Å². The first-order valence-electron chi connectivity index (χ1n) is 14.4. The molecule has 238 valence electrons. The summed E-state index contributed by atoms with van der Waals surface area (Å²) in [6.45, 7) is -0.638. The molecular weight excluding hydrogens is 622 g/mol. The molecule has 4 aromatic carbocycles. The molecule has 5 aromatic rings. The van der Waals surface area contributed by atoms with E-state index in [4.69, 9.17) is 9.47 Å². The van der Waals surface area contributed by atoms with Gasteiger partial charge in [0.2, 0.25) is 0 Å². The van der Waals surface area contributed by atoms with E-state index in [2.05, 4.69) is 16.8 Å². The quantitative estimate of drug-likeness (QED) is 0.137. The van der Waals surface area contributed by atoms with Gasteiger partial charge in [0.25, 0.3) is 5.91 Å². The van der Waals surface area contributed by atoms with Crippen LogP contribution >= 0.6 is 0 Å². The number of benzene rings is 4. The van der Waals surface area contributed by atoms with Crippen molar-refractivity contribution in [2.24, 2.45) is 0 Å². The summed E-state index contributed by atoms with van der Waals surface area (Å²) < 4.78 is 97.6. The monoisotopic (exact) mass is 646 g/mol. The van der Waals surface area contributed by atoms with Gasteiger partial charge in [-0.3, -0.25) is 14.7 Å². The molecule has 0 N–H and O–H groups in total. The van der Waals surface area contributed by atoms with Gasteiger partial charge in [0.15, 0.2) is 0 Å². The molecule has 0 saturated heterocycles. The van der Waals surface area contributed by atoms with Crippen molar-refractivity contribution in [3.63, 3.8) is 0 Å². The van der Waals surface area contributed by atoms with Crippen molar-refractivity contribution in [2.75, 3.05) is 18.1 Å². The van der Waals surface area contributed by atoms with Crippen LogP contribution in [0.2, 0.25) is 0 Å². The summed E-state index contributed by atoms with van der Waals surface area (Å²) in [4.78, 5) is 19.8. The average Bonchev–Trinajstić information content (AvgIpc) is 3.06. The van der Waals surface area contributed by atoms with Gasteiger partial charge in [0, 0.05) is 17.1 Å². The number of fused-ring (bicyclic) bond motifs is 2. The fraction of sp³-hybridized carbons (Fsp3) is 0.167. The molecule has 1 aliphatic heterocycles. The number of anilines is 1. The number of ether oxygens (including phenoxy) is 2. The molecule has 2 heterocycles. The van der Waals surface area contributed by atoms with Crippen LogP contribution in [-0.4, -0.2) is 30.1 Å². The summed E-state index contributed by atoms with van der Waals surface area (Å²) in [6.07, 6.45) is -8.93. The summed E-state index contributed by atoms with van der Waals surface area (Å²) in [5.41, 5.74) is -4.08. The highest BCUT2D eigenvalue weighted by Crippen LogP contribution is 2.47. The van der Waals surface area contributed by atoms with Crippen LogP contribution in [0.25, 0.3) is 10.9 Å². The Kier molecular flexibility index (Phi) is 8.52. The predicted octanol–water partition coefficient (Wildman–Crippen LogP) is 8.55. The number of hydrogen-bond acceptors (Lipinski definition) is 4. The van der Waals surface area contributed by atoms with Gasteiger partial charge in [-0.15, -0.1) is 0 Å². The first-order valence-corrected chi connectivity index (χ1v) is 14.4. The Morgan fingerprint density at radius 2 is 1.43 bits per heavy atom. The lowest BCUT2D eigenvalue weighted by atomic mass is 9.79. The van der Waals surface area contributed by atoms with Crippen LogP contribution in [0.1, 0.15) is 33.0 Å². The number of para-hydroxylation sites is 3. The molecule has 6 rings (SSSR count). The topological polar surface area (TPSA) is 51.7 Å². The third kappa shape index (κ3) is 6.58. The van der Waals surface area contributed by atoms with Gasteiger partial charge in [-0.25, -0.2) is 0 Å². The van der Waals surface area contributed by atoms with E-state index in [1.807, 2.05) is 0 Å². The Bertz CT molecular complexity index is 1960. The average molecular weight is 647 g/mol. The smallest absolute Gasteiger partial charge is 0.416 e. The fourth-order valence-electron chi connectivity index (χ4n) is 5.59. The second-order valence-corrected chi connectivity index (χ2v) is 10.6. The summed E-state index contributed by atoms with van der Waals surface area (Å²) in [5, 5.41) is 0.597. The lowest BCUT2D eigenvalue weighted by Crippen LogP contribution is -2.50. The van der Waals surface area contributed by atoms with Crippen molar-refractivity contribution >= 4 is 22.5 Å². The number of rotatable bonds is 6. The van der Waals surface area contributed by atoms with Crippen molar-refractivity contribution in [3.8, 4) is 23.3 Å². The first kappa shape index (κ1) is 31.5. The second-order valence-electron chi connectivity index (χ2n) is 10.6. The van der Waals surface area contributed by atoms with E-state index in [0.717, 1.165) is 4.90 Å². The lowest BCUT2D eigenvalue weighted by molar-refractivity contribution is -0.143. The maximum Gasteiger partial charge on any atom is 0.416 e. The minimum atomic E-state index is -5.24. The Morgan fingerprint density at radius 3 is 2.09 bits per heavy atom. The standard InChI is InChI=1S/C36H24F6N2O3/c37-35(38,39)24-20-27-32(29(21-24)36(40,41)42)28(22-47-26-14-5-2-6-15-26)30(17-9-19-46-25-12-3-1-4-13-25)44(34(27)45)31-16-7-10-23-11-8-18-43-33(23)31/h1-8,10-16,18,20-21,28,30H,19,22H2. The molecule has 2 unspecified atom stereocenters.